The van der Waals surface area contributed by atoms with E-state index in [-0.39, 0.29) is 11.4 Å². The van der Waals surface area contributed by atoms with Crippen molar-refractivity contribution in [2.45, 2.75) is 39.3 Å². The number of rotatable bonds is 4. The summed E-state index contributed by atoms with van der Waals surface area (Å²) in [5.74, 6) is 0.655. The molecule has 3 rings (SSSR count). The van der Waals surface area contributed by atoms with E-state index in [1.807, 2.05) is 23.1 Å². The fraction of sp³-hybridized carbons (Fsp3) is 0.500. The minimum Gasteiger partial charge on any atom is -0.338 e. The average Bonchev–Trinajstić information content (AvgIpc) is 2.88. The molecule has 1 aliphatic rings. The fourth-order valence-electron chi connectivity index (χ4n) is 3.56. The summed E-state index contributed by atoms with van der Waals surface area (Å²) < 4.78 is 0. The Balaban J connectivity index is 1.62. The average molecular weight is 360 g/mol. The summed E-state index contributed by atoms with van der Waals surface area (Å²) in [6, 6.07) is 9.88. The lowest BCUT2D eigenvalue weighted by Gasteiger charge is -2.32. The van der Waals surface area contributed by atoms with Crippen LogP contribution in [0.2, 0.25) is 5.02 Å². The number of nitrogens with zero attached hydrogens (tertiary/aromatic N) is 3. The summed E-state index contributed by atoms with van der Waals surface area (Å²) >= 11 is 6.03. The molecule has 0 saturated carbocycles. The number of carbonyl (C=O) groups excluding carboxylic acids is 1. The van der Waals surface area contributed by atoms with Gasteiger partial charge in [-0.1, -0.05) is 17.7 Å². The van der Waals surface area contributed by atoms with Gasteiger partial charge in [-0.25, -0.2) is 0 Å². The van der Waals surface area contributed by atoms with Gasteiger partial charge in [0, 0.05) is 42.0 Å². The Bertz CT molecular complexity index is 784. The largest absolute Gasteiger partial charge is 0.338 e. The highest BCUT2D eigenvalue weighted by Crippen LogP contribution is 2.26. The number of fused-ring (bicyclic) bond motifs is 1. The fourth-order valence-corrected chi connectivity index (χ4v) is 3.74. The second-order valence-electron chi connectivity index (χ2n) is 8.08. The van der Waals surface area contributed by atoms with Gasteiger partial charge in [-0.3, -0.25) is 9.78 Å². The van der Waals surface area contributed by atoms with Crippen molar-refractivity contribution in [2.24, 2.45) is 5.92 Å². The standard InChI is InChI=1S/C20H26ClN3O/c1-20(2,3)24-12-14(9-19(24)25)11-23(4)13-17-7-5-15-10-16(21)6-8-18(15)22-17/h5-8,10,14H,9,11-13H2,1-4H3/t14-/m0/s1. The third-order valence-electron chi connectivity index (χ3n) is 4.73. The molecule has 0 radical (unpaired) electrons. The van der Waals surface area contributed by atoms with E-state index in [4.69, 9.17) is 16.6 Å². The van der Waals surface area contributed by atoms with Gasteiger partial charge in [0.2, 0.25) is 5.91 Å². The van der Waals surface area contributed by atoms with Crippen LogP contribution in [0.5, 0.6) is 0 Å². The predicted octanol–water partition coefficient (Wildman–Crippen LogP) is 3.97. The van der Waals surface area contributed by atoms with E-state index in [1.165, 1.54) is 0 Å². The maximum atomic E-state index is 12.2. The normalized spacial score (nSPS) is 18.6. The van der Waals surface area contributed by atoms with Crippen molar-refractivity contribution in [3.63, 3.8) is 0 Å². The Kier molecular flexibility index (Phi) is 5.03. The van der Waals surface area contributed by atoms with Gasteiger partial charge < -0.3 is 9.80 Å². The van der Waals surface area contributed by atoms with Crippen LogP contribution in [0.15, 0.2) is 30.3 Å². The predicted molar refractivity (Wildman–Crippen MR) is 103 cm³/mol. The molecule has 4 nitrogen and oxygen atoms in total. The summed E-state index contributed by atoms with van der Waals surface area (Å²) in [5.41, 5.74) is 1.91. The molecule has 0 unspecified atom stereocenters. The number of halogens is 1. The van der Waals surface area contributed by atoms with Gasteiger partial charge in [0.25, 0.3) is 0 Å². The Labute approximate surface area is 154 Å². The first-order valence-corrected chi connectivity index (χ1v) is 9.14. The van der Waals surface area contributed by atoms with Crippen molar-refractivity contribution in [2.75, 3.05) is 20.1 Å². The molecule has 1 aliphatic heterocycles. The molecule has 1 amide bonds. The molecule has 0 spiro atoms. The van der Waals surface area contributed by atoms with Crippen molar-refractivity contribution in [1.29, 1.82) is 0 Å². The summed E-state index contributed by atoms with van der Waals surface area (Å²) in [6.07, 6.45) is 0.644. The first-order valence-electron chi connectivity index (χ1n) is 8.76. The monoisotopic (exact) mass is 359 g/mol. The molecule has 0 bridgehead atoms. The highest BCUT2D eigenvalue weighted by Gasteiger charge is 2.36. The minimum atomic E-state index is -0.0917. The van der Waals surface area contributed by atoms with E-state index in [9.17, 15) is 4.79 Å². The molecular formula is C20H26ClN3O. The van der Waals surface area contributed by atoms with Crippen LogP contribution in [0.4, 0.5) is 0 Å². The van der Waals surface area contributed by atoms with Crippen LogP contribution in [-0.2, 0) is 11.3 Å². The molecular weight excluding hydrogens is 334 g/mol. The summed E-state index contributed by atoms with van der Waals surface area (Å²) in [5, 5.41) is 1.79. The third kappa shape index (κ3) is 4.31. The number of benzene rings is 1. The van der Waals surface area contributed by atoms with Crippen molar-refractivity contribution < 1.29 is 4.79 Å². The first-order chi connectivity index (χ1) is 11.7. The molecule has 1 fully saturated rings. The van der Waals surface area contributed by atoms with Gasteiger partial charge >= 0.3 is 0 Å². The van der Waals surface area contributed by atoms with E-state index in [2.05, 4.69) is 44.9 Å². The number of hydrogen-bond donors (Lipinski definition) is 0. The van der Waals surface area contributed by atoms with E-state index in [0.717, 1.165) is 41.3 Å². The highest BCUT2D eigenvalue weighted by molar-refractivity contribution is 6.31. The highest BCUT2D eigenvalue weighted by atomic mass is 35.5. The summed E-state index contributed by atoms with van der Waals surface area (Å²) in [7, 11) is 2.10. The summed E-state index contributed by atoms with van der Waals surface area (Å²) in [4.78, 5) is 21.2. The second-order valence-corrected chi connectivity index (χ2v) is 8.52. The van der Waals surface area contributed by atoms with Gasteiger partial charge in [0.1, 0.15) is 0 Å². The molecule has 2 heterocycles. The zero-order chi connectivity index (χ0) is 18.2. The number of pyridine rings is 1. The Morgan fingerprint density at radius 3 is 2.72 bits per heavy atom. The van der Waals surface area contributed by atoms with Crippen LogP contribution in [-0.4, -0.2) is 46.4 Å². The van der Waals surface area contributed by atoms with Crippen LogP contribution >= 0.6 is 11.6 Å². The molecule has 1 saturated heterocycles. The lowest BCUT2D eigenvalue weighted by atomic mass is 10.1. The van der Waals surface area contributed by atoms with Crippen LogP contribution < -0.4 is 0 Å². The molecule has 134 valence electrons. The third-order valence-corrected chi connectivity index (χ3v) is 4.96. The molecule has 1 aromatic heterocycles. The second kappa shape index (κ2) is 6.93. The Morgan fingerprint density at radius 2 is 2.04 bits per heavy atom. The van der Waals surface area contributed by atoms with Crippen molar-refractivity contribution in [1.82, 2.24) is 14.8 Å². The number of hydrogen-bond acceptors (Lipinski definition) is 3. The van der Waals surface area contributed by atoms with Crippen molar-refractivity contribution in [3.8, 4) is 0 Å². The SMILES string of the molecule is CN(Cc1ccc2cc(Cl)ccc2n1)C[C@@H]1CC(=O)N(C(C)(C)C)C1. The van der Waals surface area contributed by atoms with Crippen LogP contribution in [0, 0.1) is 5.92 Å². The van der Waals surface area contributed by atoms with Gasteiger partial charge in [-0.05, 0) is 58.0 Å². The van der Waals surface area contributed by atoms with Crippen LogP contribution in [0.3, 0.4) is 0 Å². The van der Waals surface area contributed by atoms with E-state index >= 15 is 0 Å². The molecule has 0 N–H and O–H groups in total. The van der Waals surface area contributed by atoms with Crippen LogP contribution in [0.25, 0.3) is 10.9 Å². The molecule has 1 aromatic carbocycles. The molecule has 5 heteroatoms. The van der Waals surface area contributed by atoms with Crippen LogP contribution in [0.1, 0.15) is 32.9 Å². The van der Waals surface area contributed by atoms with Gasteiger partial charge in [-0.2, -0.15) is 0 Å². The Hall–Kier alpha value is -1.65. The number of likely N-dealkylation sites (tertiary alicyclic amines) is 1. The van der Waals surface area contributed by atoms with Gasteiger partial charge in [0.05, 0.1) is 11.2 Å². The molecule has 1 atom stereocenters. The van der Waals surface area contributed by atoms with Crippen molar-refractivity contribution in [3.05, 3.63) is 41.0 Å². The lowest BCUT2D eigenvalue weighted by Crippen LogP contribution is -2.42. The maximum Gasteiger partial charge on any atom is 0.223 e. The van der Waals surface area contributed by atoms with E-state index in [1.54, 1.807) is 0 Å². The Morgan fingerprint density at radius 1 is 1.28 bits per heavy atom. The number of amides is 1. The van der Waals surface area contributed by atoms with Gasteiger partial charge in [-0.15, -0.1) is 0 Å². The topological polar surface area (TPSA) is 36.4 Å². The minimum absolute atomic E-state index is 0.0917. The van der Waals surface area contributed by atoms with E-state index < -0.39 is 0 Å². The smallest absolute Gasteiger partial charge is 0.223 e. The zero-order valence-corrected chi connectivity index (χ0v) is 16.2. The lowest BCUT2D eigenvalue weighted by molar-refractivity contribution is -0.131. The first kappa shape index (κ1) is 18.2. The quantitative estimate of drug-likeness (QED) is 0.828. The molecule has 25 heavy (non-hydrogen) atoms. The van der Waals surface area contributed by atoms with E-state index in [0.29, 0.717) is 12.3 Å². The molecule has 2 aromatic rings. The number of carbonyl (C=O) groups is 1. The zero-order valence-electron chi connectivity index (χ0n) is 15.4. The maximum absolute atomic E-state index is 12.2. The molecule has 0 aliphatic carbocycles. The van der Waals surface area contributed by atoms with Crippen molar-refractivity contribution >= 4 is 28.4 Å². The summed E-state index contributed by atoms with van der Waals surface area (Å²) in [6.45, 7) is 8.82. The number of aromatic nitrogens is 1. The van der Waals surface area contributed by atoms with Gasteiger partial charge in [0.15, 0.2) is 0 Å².